The summed E-state index contributed by atoms with van der Waals surface area (Å²) >= 11 is 1.86. The molecular weight excluding hydrogens is 254 g/mol. The SMILES string of the molecule is CCN(CC)CCSc1ccc(N)c2cccnc12. The Labute approximate surface area is 119 Å². The van der Waals surface area contributed by atoms with E-state index >= 15 is 0 Å². The Hall–Kier alpha value is -1.26. The molecular formula is C15H21N3S. The van der Waals surface area contributed by atoms with E-state index in [1.807, 2.05) is 36.2 Å². The topological polar surface area (TPSA) is 42.1 Å². The van der Waals surface area contributed by atoms with Crippen LogP contribution in [0, 0.1) is 0 Å². The van der Waals surface area contributed by atoms with Gasteiger partial charge in [-0.1, -0.05) is 13.8 Å². The van der Waals surface area contributed by atoms with Gasteiger partial charge in [-0.05, 0) is 37.4 Å². The van der Waals surface area contributed by atoms with Crippen LogP contribution in [0.2, 0.25) is 0 Å². The van der Waals surface area contributed by atoms with Gasteiger partial charge in [0, 0.05) is 34.5 Å². The van der Waals surface area contributed by atoms with Crippen LogP contribution < -0.4 is 5.73 Å². The summed E-state index contributed by atoms with van der Waals surface area (Å²) in [7, 11) is 0. The predicted octanol–water partition coefficient (Wildman–Crippen LogP) is 3.25. The predicted molar refractivity (Wildman–Crippen MR) is 84.7 cm³/mol. The summed E-state index contributed by atoms with van der Waals surface area (Å²) in [6.07, 6.45) is 1.83. The van der Waals surface area contributed by atoms with E-state index in [9.17, 15) is 0 Å². The van der Waals surface area contributed by atoms with E-state index in [1.165, 1.54) is 4.90 Å². The maximum atomic E-state index is 5.99. The molecule has 0 fully saturated rings. The first-order chi connectivity index (χ1) is 9.26. The van der Waals surface area contributed by atoms with Crippen LogP contribution in [-0.4, -0.2) is 35.3 Å². The van der Waals surface area contributed by atoms with Gasteiger partial charge in [0.25, 0.3) is 0 Å². The van der Waals surface area contributed by atoms with E-state index in [4.69, 9.17) is 5.73 Å². The molecule has 0 aliphatic heterocycles. The number of anilines is 1. The minimum atomic E-state index is 0.802. The summed E-state index contributed by atoms with van der Waals surface area (Å²) in [5.74, 6) is 1.08. The van der Waals surface area contributed by atoms with Crippen LogP contribution in [0.4, 0.5) is 5.69 Å². The summed E-state index contributed by atoms with van der Waals surface area (Å²) in [6, 6.07) is 8.02. The fourth-order valence-electron chi connectivity index (χ4n) is 2.11. The molecule has 1 heterocycles. The molecule has 4 heteroatoms. The van der Waals surface area contributed by atoms with E-state index < -0.39 is 0 Å². The Morgan fingerprint density at radius 3 is 2.74 bits per heavy atom. The second-order valence-electron chi connectivity index (χ2n) is 4.43. The summed E-state index contributed by atoms with van der Waals surface area (Å²) < 4.78 is 0. The molecule has 1 aromatic carbocycles. The van der Waals surface area contributed by atoms with Gasteiger partial charge in [-0.2, -0.15) is 0 Å². The number of rotatable bonds is 6. The number of thioether (sulfide) groups is 1. The van der Waals surface area contributed by atoms with Crippen LogP contribution in [-0.2, 0) is 0 Å². The van der Waals surface area contributed by atoms with Crippen molar-refractivity contribution >= 4 is 28.4 Å². The molecule has 0 radical (unpaired) electrons. The Kier molecular flexibility index (Phi) is 5.05. The third-order valence-electron chi connectivity index (χ3n) is 3.33. The van der Waals surface area contributed by atoms with Gasteiger partial charge in [0.05, 0.1) is 5.52 Å². The third-order valence-corrected chi connectivity index (χ3v) is 4.35. The number of hydrogen-bond acceptors (Lipinski definition) is 4. The highest BCUT2D eigenvalue weighted by molar-refractivity contribution is 7.99. The second kappa shape index (κ2) is 6.78. The van der Waals surface area contributed by atoms with Crippen LogP contribution in [0.3, 0.4) is 0 Å². The van der Waals surface area contributed by atoms with Crippen LogP contribution in [0.5, 0.6) is 0 Å². The van der Waals surface area contributed by atoms with E-state index in [1.54, 1.807) is 0 Å². The van der Waals surface area contributed by atoms with Gasteiger partial charge in [-0.25, -0.2) is 0 Å². The number of nitrogens with zero attached hydrogens (tertiary/aromatic N) is 2. The minimum absolute atomic E-state index is 0.802. The van der Waals surface area contributed by atoms with Gasteiger partial charge in [0.2, 0.25) is 0 Å². The average molecular weight is 275 g/mol. The number of fused-ring (bicyclic) bond motifs is 1. The zero-order valence-electron chi connectivity index (χ0n) is 11.6. The number of nitrogen functional groups attached to an aromatic ring is 1. The second-order valence-corrected chi connectivity index (χ2v) is 5.56. The fraction of sp³-hybridized carbons (Fsp3) is 0.400. The van der Waals surface area contributed by atoms with Crippen LogP contribution in [0.1, 0.15) is 13.8 Å². The third kappa shape index (κ3) is 3.39. The summed E-state index contributed by atoms with van der Waals surface area (Å²) in [5, 5.41) is 1.05. The molecule has 0 saturated heterocycles. The lowest BCUT2D eigenvalue weighted by Gasteiger charge is -2.17. The van der Waals surface area contributed by atoms with Gasteiger partial charge >= 0.3 is 0 Å². The molecule has 1 aromatic heterocycles. The highest BCUT2D eigenvalue weighted by atomic mass is 32.2. The lowest BCUT2D eigenvalue weighted by Crippen LogP contribution is -2.25. The standard InChI is InChI=1S/C15H21N3S/c1-3-18(4-2)10-11-19-14-8-7-13(16)12-6-5-9-17-15(12)14/h5-9H,3-4,10-11,16H2,1-2H3. The number of pyridine rings is 1. The molecule has 0 bridgehead atoms. The van der Waals surface area contributed by atoms with Gasteiger partial charge in [-0.15, -0.1) is 11.8 Å². The number of aromatic nitrogens is 1. The van der Waals surface area contributed by atoms with Crippen molar-refractivity contribution < 1.29 is 0 Å². The Balaban J connectivity index is 2.11. The Morgan fingerprint density at radius 2 is 2.00 bits per heavy atom. The summed E-state index contributed by atoms with van der Waals surface area (Å²) in [4.78, 5) is 8.12. The van der Waals surface area contributed by atoms with Crippen molar-refractivity contribution in [1.29, 1.82) is 0 Å². The molecule has 0 aliphatic rings. The zero-order chi connectivity index (χ0) is 13.7. The first-order valence-electron chi connectivity index (χ1n) is 6.74. The quantitative estimate of drug-likeness (QED) is 0.649. The van der Waals surface area contributed by atoms with Crippen LogP contribution >= 0.6 is 11.8 Å². The van der Waals surface area contributed by atoms with Gasteiger partial charge in [0.15, 0.2) is 0 Å². The van der Waals surface area contributed by atoms with Crippen molar-refractivity contribution in [1.82, 2.24) is 9.88 Å². The largest absolute Gasteiger partial charge is 0.398 e. The Bertz CT molecular complexity index is 538. The molecule has 0 unspecified atom stereocenters. The van der Waals surface area contributed by atoms with E-state index in [0.717, 1.165) is 42.0 Å². The molecule has 0 aliphatic carbocycles. The molecule has 2 aromatic rings. The van der Waals surface area contributed by atoms with Gasteiger partial charge < -0.3 is 10.6 Å². The molecule has 0 atom stereocenters. The van der Waals surface area contributed by atoms with Crippen molar-refractivity contribution in [2.75, 3.05) is 31.1 Å². The zero-order valence-corrected chi connectivity index (χ0v) is 12.4. The van der Waals surface area contributed by atoms with E-state index in [2.05, 4.69) is 29.8 Å². The molecule has 102 valence electrons. The molecule has 0 spiro atoms. The molecule has 3 nitrogen and oxygen atoms in total. The summed E-state index contributed by atoms with van der Waals surface area (Å²) in [6.45, 7) is 7.73. The normalized spacial score (nSPS) is 11.3. The van der Waals surface area contributed by atoms with Crippen molar-refractivity contribution in [2.24, 2.45) is 0 Å². The first kappa shape index (κ1) is 14.2. The van der Waals surface area contributed by atoms with E-state index in [0.29, 0.717) is 0 Å². The summed E-state index contributed by atoms with van der Waals surface area (Å²) in [5.41, 5.74) is 7.81. The maximum absolute atomic E-state index is 5.99. The molecule has 2 N–H and O–H groups in total. The Morgan fingerprint density at radius 1 is 1.21 bits per heavy atom. The number of hydrogen-bond donors (Lipinski definition) is 1. The van der Waals surface area contributed by atoms with Crippen molar-refractivity contribution in [3.05, 3.63) is 30.5 Å². The van der Waals surface area contributed by atoms with Crippen molar-refractivity contribution in [2.45, 2.75) is 18.7 Å². The molecule has 0 amide bonds. The van der Waals surface area contributed by atoms with Crippen molar-refractivity contribution in [3.63, 3.8) is 0 Å². The van der Waals surface area contributed by atoms with E-state index in [-0.39, 0.29) is 0 Å². The lowest BCUT2D eigenvalue weighted by atomic mass is 10.2. The highest BCUT2D eigenvalue weighted by Gasteiger charge is 2.06. The average Bonchev–Trinajstić information content (AvgIpc) is 2.46. The minimum Gasteiger partial charge on any atom is -0.398 e. The monoisotopic (exact) mass is 275 g/mol. The van der Waals surface area contributed by atoms with Gasteiger partial charge in [-0.3, -0.25) is 4.98 Å². The first-order valence-corrected chi connectivity index (χ1v) is 7.73. The highest BCUT2D eigenvalue weighted by Crippen LogP contribution is 2.29. The molecule has 2 rings (SSSR count). The van der Waals surface area contributed by atoms with Gasteiger partial charge in [0.1, 0.15) is 0 Å². The number of nitrogens with two attached hydrogens (primary N) is 1. The van der Waals surface area contributed by atoms with Crippen LogP contribution in [0.25, 0.3) is 10.9 Å². The molecule has 19 heavy (non-hydrogen) atoms. The van der Waals surface area contributed by atoms with Crippen molar-refractivity contribution in [3.8, 4) is 0 Å². The molecule has 0 saturated carbocycles. The maximum Gasteiger partial charge on any atom is 0.0858 e. The lowest BCUT2D eigenvalue weighted by molar-refractivity contribution is 0.324. The number of benzene rings is 1. The fourth-order valence-corrected chi connectivity index (χ4v) is 3.14. The van der Waals surface area contributed by atoms with Crippen LogP contribution in [0.15, 0.2) is 35.4 Å². The smallest absolute Gasteiger partial charge is 0.0858 e.